The second-order valence-electron chi connectivity index (χ2n) is 4.62. The van der Waals surface area contributed by atoms with Crippen LogP contribution in [0.2, 0.25) is 0 Å². The Bertz CT molecular complexity index is 354. The van der Waals surface area contributed by atoms with Crippen molar-refractivity contribution in [1.82, 2.24) is 0 Å². The minimum atomic E-state index is -0.184. The zero-order valence-electron chi connectivity index (χ0n) is 10.8. The molecule has 17 heavy (non-hydrogen) atoms. The molecular formula is C14H21BrFN. The zero-order valence-corrected chi connectivity index (χ0v) is 12.3. The summed E-state index contributed by atoms with van der Waals surface area (Å²) in [5.74, 6) is 0.485. The Balaban J connectivity index is 2.69. The molecule has 0 aliphatic rings. The van der Waals surface area contributed by atoms with Crippen LogP contribution in [0.15, 0.2) is 22.7 Å². The fourth-order valence-electron chi connectivity index (χ4n) is 1.81. The monoisotopic (exact) mass is 301 g/mol. The largest absolute Gasteiger partial charge is 0.380 e. The fraction of sp³-hybridized carbons (Fsp3) is 0.571. The molecule has 0 aliphatic heterocycles. The van der Waals surface area contributed by atoms with E-state index in [1.165, 1.54) is 12.5 Å². The third-order valence-electron chi connectivity index (χ3n) is 3.16. The second kappa shape index (κ2) is 7.00. The van der Waals surface area contributed by atoms with Crippen LogP contribution in [0.25, 0.3) is 0 Å². The average molecular weight is 302 g/mol. The van der Waals surface area contributed by atoms with Crippen LogP contribution in [-0.2, 0) is 0 Å². The molecule has 0 heterocycles. The van der Waals surface area contributed by atoms with E-state index in [-0.39, 0.29) is 5.82 Å². The van der Waals surface area contributed by atoms with Gasteiger partial charge in [-0.3, -0.25) is 0 Å². The van der Waals surface area contributed by atoms with Crippen LogP contribution in [0.3, 0.4) is 0 Å². The van der Waals surface area contributed by atoms with Crippen LogP contribution >= 0.6 is 15.9 Å². The van der Waals surface area contributed by atoms with Crippen molar-refractivity contribution in [3.63, 3.8) is 0 Å². The Morgan fingerprint density at radius 3 is 2.59 bits per heavy atom. The quantitative estimate of drug-likeness (QED) is 0.760. The van der Waals surface area contributed by atoms with E-state index in [9.17, 15) is 4.39 Å². The van der Waals surface area contributed by atoms with Gasteiger partial charge in [-0.2, -0.15) is 0 Å². The van der Waals surface area contributed by atoms with Crippen LogP contribution in [-0.4, -0.2) is 6.04 Å². The van der Waals surface area contributed by atoms with Crippen molar-refractivity contribution < 1.29 is 4.39 Å². The maximum atomic E-state index is 13.6. The van der Waals surface area contributed by atoms with E-state index in [0.717, 1.165) is 17.3 Å². The molecule has 0 amide bonds. The molecule has 3 heteroatoms. The molecule has 1 nitrogen and oxygen atoms in total. The number of hydrogen-bond acceptors (Lipinski definition) is 1. The van der Waals surface area contributed by atoms with Crippen LogP contribution in [0, 0.1) is 11.7 Å². The van der Waals surface area contributed by atoms with Crippen LogP contribution in [0.5, 0.6) is 0 Å². The Morgan fingerprint density at radius 2 is 2.00 bits per heavy atom. The van der Waals surface area contributed by atoms with Crippen molar-refractivity contribution in [2.45, 2.75) is 46.1 Å². The number of hydrogen-bond donors (Lipinski definition) is 1. The highest BCUT2D eigenvalue weighted by Gasteiger charge is 2.12. The Kier molecular flexibility index (Phi) is 5.96. The molecule has 96 valence electrons. The smallest absolute Gasteiger partial charge is 0.146 e. The molecule has 0 fully saturated rings. The summed E-state index contributed by atoms with van der Waals surface area (Å²) < 4.78 is 14.5. The standard InChI is InChI=1S/C14H21BrFN/c1-4-10(3)8-12(5-2)17-14-9-11(15)6-7-13(14)16/h6-7,9-10,12,17H,4-5,8H2,1-3H3. The molecule has 1 aromatic rings. The molecule has 0 aromatic heterocycles. The van der Waals surface area contributed by atoms with Gasteiger partial charge in [0.25, 0.3) is 0 Å². The number of nitrogens with one attached hydrogen (secondary N) is 1. The van der Waals surface area contributed by atoms with Gasteiger partial charge in [0.15, 0.2) is 0 Å². The normalized spacial score (nSPS) is 14.4. The summed E-state index contributed by atoms with van der Waals surface area (Å²) >= 11 is 3.37. The van der Waals surface area contributed by atoms with Gasteiger partial charge in [-0.05, 0) is 37.0 Å². The number of halogens is 2. The third kappa shape index (κ3) is 4.66. The molecule has 0 radical (unpaired) electrons. The third-order valence-corrected chi connectivity index (χ3v) is 3.66. The first-order valence-electron chi connectivity index (χ1n) is 6.28. The highest BCUT2D eigenvalue weighted by atomic mass is 79.9. The molecule has 2 atom stereocenters. The van der Waals surface area contributed by atoms with Gasteiger partial charge in [-0.25, -0.2) is 4.39 Å². The van der Waals surface area contributed by atoms with Gasteiger partial charge < -0.3 is 5.32 Å². The van der Waals surface area contributed by atoms with Gasteiger partial charge in [-0.15, -0.1) is 0 Å². The minimum Gasteiger partial charge on any atom is -0.380 e. The van der Waals surface area contributed by atoms with Crippen LogP contribution in [0.1, 0.15) is 40.0 Å². The lowest BCUT2D eigenvalue weighted by atomic mass is 9.97. The summed E-state index contributed by atoms with van der Waals surface area (Å²) in [5.41, 5.74) is 0.592. The summed E-state index contributed by atoms with van der Waals surface area (Å²) in [6.07, 6.45) is 3.26. The van der Waals surface area contributed by atoms with Gasteiger partial charge in [0.1, 0.15) is 5.82 Å². The first-order chi connectivity index (χ1) is 8.06. The molecule has 1 rings (SSSR count). The number of benzene rings is 1. The molecule has 0 spiro atoms. The van der Waals surface area contributed by atoms with Crippen molar-refractivity contribution in [2.75, 3.05) is 5.32 Å². The van der Waals surface area contributed by atoms with Crippen molar-refractivity contribution in [3.05, 3.63) is 28.5 Å². The van der Waals surface area contributed by atoms with Crippen LogP contribution < -0.4 is 5.32 Å². The van der Waals surface area contributed by atoms with E-state index in [2.05, 4.69) is 42.0 Å². The highest BCUT2D eigenvalue weighted by molar-refractivity contribution is 9.10. The van der Waals surface area contributed by atoms with Gasteiger partial charge in [0.2, 0.25) is 0 Å². The molecule has 2 unspecified atom stereocenters. The molecule has 0 bridgehead atoms. The maximum Gasteiger partial charge on any atom is 0.146 e. The maximum absolute atomic E-state index is 13.6. The first kappa shape index (κ1) is 14.5. The van der Waals surface area contributed by atoms with Crippen molar-refractivity contribution in [3.8, 4) is 0 Å². The Morgan fingerprint density at radius 1 is 1.29 bits per heavy atom. The fourth-order valence-corrected chi connectivity index (χ4v) is 2.17. The van der Waals surface area contributed by atoms with Crippen LogP contribution in [0.4, 0.5) is 10.1 Å². The van der Waals surface area contributed by atoms with E-state index in [1.807, 2.05) is 0 Å². The summed E-state index contributed by atoms with van der Waals surface area (Å²) in [6, 6.07) is 5.35. The summed E-state index contributed by atoms with van der Waals surface area (Å²) in [7, 11) is 0. The number of rotatable bonds is 6. The molecule has 1 aromatic carbocycles. The Labute approximate surface area is 112 Å². The lowest BCUT2D eigenvalue weighted by molar-refractivity contribution is 0.460. The first-order valence-corrected chi connectivity index (χ1v) is 7.07. The lowest BCUT2D eigenvalue weighted by Gasteiger charge is -2.21. The minimum absolute atomic E-state index is 0.184. The van der Waals surface area contributed by atoms with E-state index < -0.39 is 0 Å². The average Bonchev–Trinajstić information content (AvgIpc) is 2.32. The molecule has 0 saturated heterocycles. The van der Waals surface area contributed by atoms with Gasteiger partial charge in [0, 0.05) is 10.5 Å². The molecule has 0 aliphatic carbocycles. The van der Waals surface area contributed by atoms with Crippen molar-refractivity contribution in [2.24, 2.45) is 5.92 Å². The van der Waals surface area contributed by atoms with Gasteiger partial charge in [0.05, 0.1) is 5.69 Å². The number of anilines is 1. The summed E-state index contributed by atoms with van der Waals surface area (Å²) in [5, 5.41) is 3.30. The van der Waals surface area contributed by atoms with Gasteiger partial charge in [-0.1, -0.05) is 43.1 Å². The highest BCUT2D eigenvalue weighted by Crippen LogP contribution is 2.23. The summed E-state index contributed by atoms with van der Waals surface area (Å²) in [6.45, 7) is 6.56. The van der Waals surface area contributed by atoms with E-state index in [4.69, 9.17) is 0 Å². The van der Waals surface area contributed by atoms with E-state index in [1.54, 1.807) is 12.1 Å². The Hall–Kier alpha value is -0.570. The topological polar surface area (TPSA) is 12.0 Å². The predicted octanol–water partition coefficient (Wildman–Crippen LogP) is 5.21. The van der Waals surface area contributed by atoms with Crippen molar-refractivity contribution in [1.29, 1.82) is 0 Å². The second-order valence-corrected chi connectivity index (χ2v) is 5.54. The molecule has 0 saturated carbocycles. The predicted molar refractivity (Wildman–Crippen MR) is 75.9 cm³/mol. The SMILES string of the molecule is CCC(C)CC(CC)Nc1cc(Br)ccc1F. The van der Waals surface area contributed by atoms with E-state index >= 15 is 0 Å². The summed E-state index contributed by atoms with van der Waals surface area (Å²) in [4.78, 5) is 0. The van der Waals surface area contributed by atoms with Crippen molar-refractivity contribution >= 4 is 21.6 Å². The van der Waals surface area contributed by atoms with Gasteiger partial charge >= 0.3 is 0 Å². The zero-order chi connectivity index (χ0) is 12.8. The molecule has 1 N–H and O–H groups in total. The molecular weight excluding hydrogens is 281 g/mol. The van der Waals surface area contributed by atoms with E-state index in [0.29, 0.717) is 17.6 Å². The lowest BCUT2D eigenvalue weighted by Crippen LogP contribution is -2.21.